The van der Waals surface area contributed by atoms with Crippen molar-refractivity contribution in [1.29, 1.82) is 5.26 Å². The van der Waals surface area contributed by atoms with Gasteiger partial charge in [0.05, 0.1) is 18.2 Å². The fourth-order valence-electron chi connectivity index (χ4n) is 3.21. The maximum absolute atomic E-state index is 13.0. The molecule has 1 unspecified atom stereocenters. The Hall–Kier alpha value is -3.52. The number of anilines is 1. The molecule has 0 fully saturated rings. The molecule has 0 saturated carbocycles. The van der Waals surface area contributed by atoms with Crippen LogP contribution >= 0.6 is 0 Å². The van der Waals surface area contributed by atoms with Crippen LogP contribution in [0.25, 0.3) is 0 Å². The minimum atomic E-state index is -0.165. The van der Waals surface area contributed by atoms with E-state index in [1.54, 1.807) is 24.3 Å². The Morgan fingerprint density at radius 3 is 2.66 bits per heavy atom. The average molecular weight is 386 g/mol. The van der Waals surface area contributed by atoms with Gasteiger partial charge in [-0.2, -0.15) is 5.26 Å². The van der Waals surface area contributed by atoms with E-state index in [0.29, 0.717) is 17.8 Å². The van der Waals surface area contributed by atoms with E-state index in [2.05, 4.69) is 48.0 Å². The van der Waals surface area contributed by atoms with E-state index < -0.39 is 0 Å². The molecule has 0 aliphatic rings. The molecule has 5 nitrogen and oxygen atoms in total. The molecule has 0 aliphatic heterocycles. The molecule has 2 amide bonds. The Bertz CT molecular complexity index is 987. The largest absolute Gasteiger partial charge is 0.345 e. The third kappa shape index (κ3) is 5.26. The first-order valence-corrected chi connectivity index (χ1v) is 9.86. The number of carbonyl (C=O) groups excluding carboxylic acids is 1. The van der Waals surface area contributed by atoms with Crippen LogP contribution in [0.15, 0.2) is 72.9 Å². The van der Waals surface area contributed by atoms with Crippen molar-refractivity contribution in [1.82, 2.24) is 9.47 Å². The van der Waals surface area contributed by atoms with E-state index in [0.717, 1.165) is 18.7 Å². The van der Waals surface area contributed by atoms with Crippen LogP contribution in [0.2, 0.25) is 0 Å². The van der Waals surface area contributed by atoms with E-state index in [-0.39, 0.29) is 12.1 Å². The van der Waals surface area contributed by atoms with Crippen LogP contribution in [0.4, 0.5) is 10.5 Å². The summed E-state index contributed by atoms with van der Waals surface area (Å²) in [5.74, 6) is 0. The SMILES string of the molecule is CCC(C)N(Cc1cccn1Cc1ccccc1)C(=O)Nc1cccc(C#N)c1. The lowest BCUT2D eigenvalue weighted by Crippen LogP contribution is -2.41. The summed E-state index contributed by atoms with van der Waals surface area (Å²) in [6.07, 6.45) is 2.90. The summed E-state index contributed by atoms with van der Waals surface area (Å²) in [6, 6.07) is 23.3. The van der Waals surface area contributed by atoms with Crippen LogP contribution < -0.4 is 5.32 Å². The molecule has 0 aliphatic carbocycles. The van der Waals surface area contributed by atoms with E-state index in [4.69, 9.17) is 5.26 Å². The van der Waals surface area contributed by atoms with Gasteiger partial charge in [0.15, 0.2) is 0 Å². The maximum atomic E-state index is 13.0. The lowest BCUT2D eigenvalue weighted by atomic mass is 10.2. The first-order chi connectivity index (χ1) is 14.1. The predicted molar refractivity (Wildman–Crippen MR) is 115 cm³/mol. The minimum Gasteiger partial charge on any atom is -0.345 e. The summed E-state index contributed by atoms with van der Waals surface area (Å²) < 4.78 is 2.17. The molecule has 2 aromatic carbocycles. The number of amides is 2. The molecule has 5 heteroatoms. The molecular weight excluding hydrogens is 360 g/mol. The Morgan fingerprint density at radius 2 is 1.93 bits per heavy atom. The van der Waals surface area contributed by atoms with Gasteiger partial charge in [0, 0.05) is 30.2 Å². The van der Waals surface area contributed by atoms with Crippen molar-refractivity contribution < 1.29 is 4.79 Å². The quantitative estimate of drug-likeness (QED) is 0.603. The van der Waals surface area contributed by atoms with Crippen molar-refractivity contribution in [3.8, 4) is 6.07 Å². The molecule has 1 atom stereocenters. The second-order valence-electron chi connectivity index (χ2n) is 7.12. The van der Waals surface area contributed by atoms with Crippen LogP contribution in [0.1, 0.15) is 37.1 Å². The zero-order valence-corrected chi connectivity index (χ0v) is 16.9. The standard InChI is InChI=1S/C24H26N4O/c1-3-19(2)28(24(29)26-22-12-7-11-21(15-22)16-25)18-23-13-8-14-27(23)17-20-9-5-4-6-10-20/h4-15,19H,3,17-18H2,1-2H3,(H,26,29). The number of nitrogens with zero attached hydrogens (tertiary/aromatic N) is 3. The number of hydrogen-bond donors (Lipinski definition) is 1. The topological polar surface area (TPSA) is 61.1 Å². The van der Waals surface area contributed by atoms with E-state index in [9.17, 15) is 4.79 Å². The zero-order chi connectivity index (χ0) is 20.6. The highest BCUT2D eigenvalue weighted by Crippen LogP contribution is 2.17. The maximum Gasteiger partial charge on any atom is 0.322 e. The first kappa shape index (κ1) is 20.2. The number of rotatable bonds is 7. The fraction of sp³-hybridized carbons (Fsp3) is 0.250. The summed E-state index contributed by atoms with van der Waals surface area (Å²) >= 11 is 0. The van der Waals surface area contributed by atoms with Crippen LogP contribution in [0.3, 0.4) is 0 Å². The van der Waals surface area contributed by atoms with Crippen LogP contribution in [-0.2, 0) is 13.1 Å². The van der Waals surface area contributed by atoms with E-state index >= 15 is 0 Å². The smallest absolute Gasteiger partial charge is 0.322 e. The fourth-order valence-corrected chi connectivity index (χ4v) is 3.21. The van der Waals surface area contributed by atoms with Gasteiger partial charge in [0.2, 0.25) is 0 Å². The lowest BCUT2D eigenvalue weighted by Gasteiger charge is -2.29. The molecule has 0 saturated heterocycles. The van der Waals surface area contributed by atoms with Gasteiger partial charge < -0.3 is 14.8 Å². The molecule has 29 heavy (non-hydrogen) atoms. The lowest BCUT2D eigenvalue weighted by molar-refractivity contribution is 0.185. The van der Waals surface area contributed by atoms with Gasteiger partial charge in [-0.15, -0.1) is 0 Å². The first-order valence-electron chi connectivity index (χ1n) is 9.86. The van der Waals surface area contributed by atoms with Crippen LogP contribution in [-0.4, -0.2) is 21.5 Å². The van der Waals surface area contributed by atoms with Crippen LogP contribution in [0, 0.1) is 11.3 Å². The number of nitriles is 1. The second-order valence-corrected chi connectivity index (χ2v) is 7.12. The Balaban J connectivity index is 1.77. The summed E-state index contributed by atoms with van der Waals surface area (Å²) in [5.41, 5.74) is 3.45. The molecule has 3 rings (SSSR count). The molecule has 0 spiro atoms. The number of nitrogens with one attached hydrogen (secondary N) is 1. The summed E-state index contributed by atoms with van der Waals surface area (Å²) in [5, 5.41) is 12.0. The number of hydrogen-bond acceptors (Lipinski definition) is 2. The van der Waals surface area contributed by atoms with Crippen molar-refractivity contribution in [3.63, 3.8) is 0 Å². The number of urea groups is 1. The van der Waals surface area contributed by atoms with E-state index in [1.165, 1.54) is 5.56 Å². The van der Waals surface area contributed by atoms with Crippen molar-refractivity contribution in [2.24, 2.45) is 0 Å². The number of aromatic nitrogens is 1. The molecule has 0 bridgehead atoms. The molecule has 148 valence electrons. The van der Waals surface area contributed by atoms with Crippen molar-refractivity contribution >= 4 is 11.7 Å². The molecule has 1 aromatic heterocycles. The van der Waals surface area contributed by atoms with Crippen molar-refractivity contribution in [2.75, 3.05) is 5.32 Å². The summed E-state index contributed by atoms with van der Waals surface area (Å²) in [4.78, 5) is 14.9. The summed E-state index contributed by atoms with van der Waals surface area (Å²) in [6.45, 7) is 5.40. The van der Waals surface area contributed by atoms with Gasteiger partial charge in [-0.25, -0.2) is 4.79 Å². The van der Waals surface area contributed by atoms with Gasteiger partial charge in [-0.1, -0.05) is 43.3 Å². The van der Waals surface area contributed by atoms with Gasteiger partial charge in [0.1, 0.15) is 0 Å². The third-order valence-electron chi connectivity index (χ3n) is 5.08. The van der Waals surface area contributed by atoms with Gasteiger partial charge >= 0.3 is 6.03 Å². The second kappa shape index (κ2) is 9.61. The highest BCUT2D eigenvalue weighted by atomic mass is 16.2. The third-order valence-corrected chi connectivity index (χ3v) is 5.08. The van der Waals surface area contributed by atoms with Crippen molar-refractivity contribution in [3.05, 3.63) is 89.7 Å². The highest BCUT2D eigenvalue weighted by molar-refractivity contribution is 5.89. The number of benzene rings is 2. The predicted octanol–water partition coefficient (Wildman–Crippen LogP) is 5.24. The number of carbonyl (C=O) groups is 1. The average Bonchev–Trinajstić information content (AvgIpc) is 3.18. The van der Waals surface area contributed by atoms with Gasteiger partial charge in [-0.3, -0.25) is 0 Å². The Morgan fingerprint density at radius 1 is 1.14 bits per heavy atom. The summed E-state index contributed by atoms with van der Waals surface area (Å²) in [7, 11) is 0. The monoisotopic (exact) mass is 386 g/mol. The molecular formula is C24H26N4O. The highest BCUT2D eigenvalue weighted by Gasteiger charge is 2.21. The van der Waals surface area contributed by atoms with Crippen molar-refractivity contribution in [2.45, 2.75) is 39.4 Å². The Kier molecular flexibility index (Phi) is 6.70. The van der Waals surface area contributed by atoms with E-state index in [1.807, 2.05) is 35.4 Å². The normalized spacial score (nSPS) is 11.5. The molecule has 1 N–H and O–H groups in total. The minimum absolute atomic E-state index is 0.0780. The zero-order valence-electron chi connectivity index (χ0n) is 16.9. The van der Waals surface area contributed by atoms with Gasteiger partial charge in [0.25, 0.3) is 0 Å². The molecule has 1 heterocycles. The molecule has 0 radical (unpaired) electrons. The Labute approximate surface area is 172 Å². The molecule has 3 aromatic rings. The van der Waals surface area contributed by atoms with Gasteiger partial charge in [-0.05, 0) is 49.2 Å². The van der Waals surface area contributed by atoms with Crippen LogP contribution in [0.5, 0.6) is 0 Å².